The molecule has 4 nitrogen and oxygen atoms in total. The normalized spacial score (nSPS) is 17.9. The van der Waals surface area contributed by atoms with Crippen molar-refractivity contribution >= 4 is 5.78 Å². The Kier molecular flexibility index (Phi) is 4.04. The molecule has 1 atom stereocenters. The second kappa shape index (κ2) is 5.90. The Morgan fingerprint density at radius 1 is 1.17 bits per heavy atom. The number of halogens is 3. The second-order valence-electron chi connectivity index (χ2n) is 5.78. The third-order valence-corrected chi connectivity index (χ3v) is 4.16. The van der Waals surface area contributed by atoms with E-state index in [9.17, 15) is 23.1 Å². The molecule has 0 spiro atoms. The average molecular weight is 337 g/mol. The summed E-state index contributed by atoms with van der Waals surface area (Å²) in [6, 6.07) is 10.4. The van der Waals surface area contributed by atoms with Crippen molar-refractivity contribution < 1.29 is 27.8 Å². The lowest BCUT2D eigenvalue weighted by Gasteiger charge is -2.44. The molecule has 3 rings (SSSR count). The molecule has 126 valence electrons. The van der Waals surface area contributed by atoms with Crippen molar-refractivity contribution in [3.05, 3.63) is 59.9 Å². The van der Waals surface area contributed by atoms with Crippen LogP contribution in [-0.2, 0) is 10.2 Å². The molecule has 0 aliphatic heterocycles. The number of aliphatic hydroxyl groups excluding tert-OH is 1. The zero-order chi connectivity index (χ0) is 17.4. The first-order valence-electron chi connectivity index (χ1n) is 7.27. The van der Waals surface area contributed by atoms with Gasteiger partial charge in [-0.15, -0.1) is 13.2 Å². The Balaban J connectivity index is 1.97. The fourth-order valence-corrected chi connectivity index (χ4v) is 3.03. The quantitative estimate of drug-likeness (QED) is 0.930. The monoisotopic (exact) mass is 337 g/mol. The number of alkyl halides is 3. The van der Waals surface area contributed by atoms with Gasteiger partial charge in [-0.25, -0.2) is 0 Å². The molecule has 1 heterocycles. The molecule has 1 fully saturated rings. The first kappa shape index (κ1) is 16.4. The summed E-state index contributed by atoms with van der Waals surface area (Å²) >= 11 is 0. The van der Waals surface area contributed by atoms with E-state index in [4.69, 9.17) is 0 Å². The van der Waals surface area contributed by atoms with Crippen LogP contribution in [0.3, 0.4) is 0 Å². The van der Waals surface area contributed by atoms with Crippen molar-refractivity contribution in [2.24, 2.45) is 0 Å². The summed E-state index contributed by atoms with van der Waals surface area (Å²) in [4.78, 5) is 15.7. The number of nitrogens with zero attached hydrogens (tertiary/aromatic N) is 1. The summed E-state index contributed by atoms with van der Waals surface area (Å²) in [5, 5.41) is 10.7. The number of carbonyl (C=O) groups is 1. The van der Waals surface area contributed by atoms with Crippen molar-refractivity contribution in [2.75, 3.05) is 0 Å². The number of aliphatic hydroxyl groups is 1. The van der Waals surface area contributed by atoms with Crippen LogP contribution in [0.25, 0.3) is 0 Å². The number of ketones is 1. The SMILES string of the molecule is O=C1CC(c2cccc(OC(F)(F)F)c2)([C@H](O)c2ccccn2)C1. The van der Waals surface area contributed by atoms with Crippen LogP contribution in [0.15, 0.2) is 48.7 Å². The predicted molar refractivity (Wildman–Crippen MR) is 78.2 cm³/mol. The highest BCUT2D eigenvalue weighted by Gasteiger charge is 2.51. The van der Waals surface area contributed by atoms with Crippen LogP contribution in [0.5, 0.6) is 5.75 Å². The van der Waals surface area contributed by atoms with E-state index >= 15 is 0 Å². The molecule has 1 N–H and O–H groups in total. The van der Waals surface area contributed by atoms with Crippen LogP contribution in [0.2, 0.25) is 0 Å². The summed E-state index contributed by atoms with van der Waals surface area (Å²) < 4.78 is 41.2. The van der Waals surface area contributed by atoms with Crippen molar-refractivity contribution in [1.82, 2.24) is 4.98 Å². The molecule has 0 amide bonds. The lowest BCUT2D eigenvalue weighted by molar-refractivity contribution is -0.274. The summed E-state index contributed by atoms with van der Waals surface area (Å²) in [6.07, 6.45) is -4.31. The summed E-state index contributed by atoms with van der Waals surface area (Å²) in [7, 11) is 0. The number of carbonyl (C=O) groups excluding carboxylic acids is 1. The van der Waals surface area contributed by atoms with Crippen LogP contribution < -0.4 is 4.74 Å². The molecule has 0 unspecified atom stereocenters. The van der Waals surface area contributed by atoms with Gasteiger partial charge < -0.3 is 9.84 Å². The van der Waals surface area contributed by atoms with Gasteiger partial charge in [0.25, 0.3) is 0 Å². The number of ether oxygens (including phenoxy) is 1. The van der Waals surface area contributed by atoms with Crippen molar-refractivity contribution in [1.29, 1.82) is 0 Å². The second-order valence-corrected chi connectivity index (χ2v) is 5.78. The highest BCUT2D eigenvalue weighted by Crippen LogP contribution is 2.50. The molecule has 1 aromatic heterocycles. The Labute approximate surface area is 135 Å². The largest absolute Gasteiger partial charge is 0.573 e. The van der Waals surface area contributed by atoms with E-state index in [-0.39, 0.29) is 24.4 Å². The summed E-state index contributed by atoms with van der Waals surface area (Å²) in [5.41, 5.74) is -0.203. The van der Waals surface area contributed by atoms with Crippen LogP contribution >= 0.6 is 0 Å². The fraction of sp³-hybridized carbons (Fsp3) is 0.294. The average Bonchev–Trinajstić information content (AvgIpc) is 2.50. The van der Waals surface area contributed by atoms with Crippen LogP contribution in [0.1, 0.15) is 30.2 Å². The third-order valence-electron chi connectivity index (χ3n) is 4.16. The summed E-state index contributed by atoms with van der Waals surface area (Å²) in [5.74, 6) is -0.445. The van der Waals surface area contributed by atoms with Gasteiger partial charge in [-0.1, -0.05) is 18.2 Å². The highest BCUT2D eigenvalue weighted by atomic mass is 19.4. The molecule has 24 heavy (non-hydrogen) atoms. The van der Waals surface area contributed by atoms with E-state index < -0.39 is 17.9 Å². The molecule has 0 saturated heterocycles. The van der Waals surface area contributed by atoms with E-state index in [1.165, 1.54) is 24.4 Å². The van der Waals surface area contributed by atoms with Gasteiger partial charge in [-0.3, -0.25) is 9.78 Å². The Bertz CT molecular complexity index is 738. The topological polar surface area (TPSA) is 59.4 Å². The maximum absolute atomic E-state index is 12.4. The number of pyridine rings is 1. The molecule has 0 bridgehead atoms. The Morgan fingerprint density at radius 2 is 1.92 bits per heavy atom. The van der Waals surface area contributed by atoms with Gasteiger partial charge in [0.2, 0.25) is 0 Å². The Morgan fingerprint density at radius 3 is 2.50 bits per heavy atom. The van der Waals surface area contributed by atoms with Gasteiger partial charge >= 0.3 is 6.36 Å². The molecule has 1 aliphatic rings. The van der Waals surface area contributed by atoms with Crippen LogP contribution in [-0.4, -0.2) is 22.2 Å². The first-order chi connectivity index (χ1) is 11.3. The Hall–Kier alpha value is -2.41. The zero-order valence-corrected chi connectivity index (χ0v) is 12.5. The van der Waals surface area contributed by atoms with Crippen LogP contribution in [0.4, 0.5) is 13.2 Å². The maximum Gasteiger partial charge on any atom is 0.573 e. The van der Waals surface area contributed by atoms with Crippen molar-refractivity contribution in [2.45, 2.75) is 30.7 Å². The molecule has 0 radical (unpaired) electrons. The molecular formula is C17H14F3NO3. The predicted octanol–water partition coefficient (Wildman–Crippen LogP) is 3.31. The summed E-state index contributed by atoms with van der Waals surface area (Å²) in [6.45, 7) is 0. The maximum atomic E-state index is 12.4. The fourth-order valence-electron chi connectivity index (χ4n) is 3.03. The van der Waals surface area contributed by atoms with Gasteiger partial charge in [-0.2, -0.15) is 0 Å². The molecule has 1 saturated carbocycles. The first-order valence-corrected chi connectivity index (χ1v) is 7.27. The third kappa shape index (κ3) is 3.12. The number of benzene rings is 1. The van der Waals surface area contributed by atoms with E-state index in [1.54, 1.807) is 24.3 Å². The number of aromatic nitrogens is 1. The van der Waals surface area contributed by atoms with Gasteiger partial charge in [0.1, 0.15) is 17.6 Å². The molecule has 1 aromatic carbocycles. The number of Topliss-reactive ketones (excluding diaryl/α,β-unsaturated/α-hetero) is 1. The molecule has 7 heteroatoms. The van der Waals surface area contributed by atoms with Gasteiger partial charge in [0.05, 0.1) is 5.69 Å². The smallest absolute Gasteiger partial charge is 0.406 e. The zero-order valence-electron chi connectivity index (χ0n) is 12.5. The lowest BCUT2D eigenvalue weighted by atomic mass is 9.59. The van der Waals surface area contributed by atoms with Crippen LogP contribution in [0, 0.1) is 0 Å². The van der Waals surface area contributed by atoms with E-state index in [2.05, 4.69) is 9.72 Å². The van der Waals surface area contributed by atoms with Crippen molar-refractivity contribution in [3.63, 3.8) is 0 Å². The van der Waals surface area contributed by atoms with Gasteiger partial charge in [-0.05, 0) is 29.8 Å². The molecule has 2 aromatic rings. The van der Waals surface area contributed by atoms with E-state index in [0.29, 0.717) is 11.3 Å². The number of hydrogen-bond donors (Lipinski definition) is 1. The number of hydrogen-bond acceptors (Lipinski definition) is 4. The van der Waals surface area contributed by atoms with Gasteiger partial charge in [0, 0.05) is 24.5 Å². The van der Waals surface area contributed by atoms with Crippen molar-refractivity contribution in [3.8, 4) is 5.75 Å². The van der Waals surface area contributed by atoms with E-state index in [1.807, 2.05) is 0 Å². The highest BCUT2D eigenvalue weighted by molar-refractivity contribution is 5.89. The molecule has 1 aliphatic carbocycles. The minimum atomic E-state index is -4.80. The molecular weight excluding hydrogens is 323 g/mol. The van der Waals surface area contributed by atoms with E-state index in [0.717, 1.165) is 0 Å². The standard InChI is InChI=1S/C17H14F3NO3/c18-17(19,20)24-13-5-3-4-11(8-13)16(9-12(22)10-16)15(23)14-6-1-2-7-21-14/h1-8,15,23H,9-10H2/t15-/m1/s1. The minimum Gasteiger partial charge on any atom is -0.406 e. The lowest BCUT2D eigenvalue weighted by Crippen LogP contribution is -2.46. The number of rotatable bonds is 4. The minimum absolute atomic E-state index is 0.0419. The van der Waals surface area contributed by atoms with Gasteiger partial charge in [0.15, 0.2) is 0 Å².